The highest BCUT2D eigenvalue weighted by Gasteiger charge is 2.30. The van der Waals surface area contributed by atoms with Gasteiger partial charge in [0, 0.05) is 41.6 Å². The lowest BCUT2D eigenvalue weighted by Gasteiger charge is -2.32. The largest absolute Gasteiger partial charge is 0.354 e. The lowest BCUT2D eigenvalue weighted by atomic mass is 10.0. The zero-order valence-corrected chi connectivity index (χ0v) is 22.8. The molecule has 0 radical (unpaired) electrons. The molecule has 0 aromatic heterocycles. The van der Waals surface area contributed by atoms with Crippen LogP contribution in [0.5, 0.6) is 0 Å². The third kappa shape index (κ3) is 9.03. The summed E-state index contributed by atoms with van der Waals surface area (Å²) in [6, 6.07) is 25.1. The maximum absolute atomic E-state index is 13.6. The Kier molecular flexibility index (Phi) is 10.9. The van der Waals surface area contributed by atoms with Crippen LogP contribution in [0.25, 0.3) is 0 Å². The van der Waals surface area contributed by atoms with Gasteiger partial charge in [-0.25, -0.2) is 0 Å². The van der Waals surface area contributed by atoms with Gasteiger partial charge in [-0.2, -0.15) is 0 Å². The molecular formula is C30H35ClN2O2S. The Morgan fingerprint density at radius 2 is 1.58 bits per heavy atom. The number of halogens is 1. The molecule has 36 heavy (non-hydrogen) atoms. The second kappa shape index (κ2) is 14.1. The number of carbonyl (C=O) groups excluding carboxylic acids is 2. The lowest BCUT2D eigenvalue weighted by Crippen LogP contribution is -2.51. The zero-order chi connectivity index (χ0) is 25.9. The van der Waals surface area contributed by atoms with Crippen LogP contribution in [0, 0.1) is 12.8 Å². The van der Waals surface area contributed by atoms with Crippen LogP contribution >= 0.6 is 23.4 Å². The summed E-state index contributed by atoms with van der Waals surface area (Å²) >= 11 is 7.61. The molecule has 3 aromatic carbocycles. The van der Waals surface area contributed by atoms with Crippen molar-refractivity contribution in [1.29, 1.82) is 0 Å². The summed E-state index contributed by atoms with van der Waals surface area (Å²) in [5.74, 6) is 0.802. The van der Waals surface area contributed by atoms with Gasteiger partial charge in [0.15, 0.2) is 0 Å². The molecule has 0 saturated carbocycles. The Morgan fingerprint density at radius 3 is 2.22 bits per heavy atom. The van der Waals surface area contributed by atoms with Gasteiger partial charge < -0.3 is 10.2 Å². The van der Waals surface area contributed by atoms with Crippen LogP contribution in [0.1, 0.15) is 37.0 Å². The third-order valence-electron chi connectivity index (χ3n) is 5.83. The van der Waals surface area contributed by atoms with Gasteiger partial charge in [0.05, 0.1) is 0 Å². The van der Waals surface area contributed by atoms with E-state index in [2.05, 4.69) is 19.2 Å². The fourth-order valence-corrected chi connectivity index (χ4v) is 4.76. The first-order chi connectivity index (χ1) is 17.3. The summed E-state index contributed by atoms with van der Waals surface area (Å²) in [6.45, 7) is 7.13. The monoisotopic (exact) mass is 522 g/mol. The van der Waals surface area contributed by atoms with Crippen LogP contribution in [0.2, 0.25) is 5.02 Å². The number of nitrogens with one attached hydrogen (secondary N) is 1. The van der Waals surface area contributed by atoms with Gasteiger partial charge >= 0.3 is 0 Å². The van der Waals surface area contributed by atoms with Gasteiger partial charge in [0.1, 0.15) is 6.04 Å². The van der Waals surface area contributed by atoms with Gasteiger partial charge in [-0.15, -0.1) is 11.8 Å². The van der Waals surface area contributed by atoms with Crippen LogP contribution in [0.4, 0.5) is 0 Å². The van der Waals surface area contributed by atoms with Crippen molar-refractivity contribution in [2.24, 2.45) is 5.92 Å². The average Bonchev–Trinajstić information content (AvgIpc) is 2.87. The highest BCUT2D eigenvalue weighted by molar-refractivity contribution is 7.99. The first-order valence-corrected chi connectivity index (χ1v) is 13.7. The van der Waals surface area contributed by atoms with E-state index in [4.69, 9.17) is 11.6 Å². The van der Waals surface area contributed by atoms with Gasteiger partial charge in [0.2, 0.25) is 11.8 Å². The fraction of sp³-hybridized carbons (Fsp3) is 0.333. The molecule has 0 aliphatic heterocycles. The molecule has 1 N–H and O–H groups in total. The summed E-state index contributed by atoms with van der Waals surface area (Å²) in [5, 5.41) is 3.76. The predicted octanol–water partition coefficient (Wildman–Crippen LogP) is 6.54. The zero-order valence-electron chi connectivity index (χ0n) is 21.2. The van der Waals surface area contributed by atoms with E-state index in [9.17, 15) is 9.59 Å². The molecular weight excluding hydrogens is 488 g/mol. The van der Waals surface area contributed by atoms with E-state index >= 15 is 0 Å². The fourth-order valence-electron chi connectivity index (χ4n) is 3.80. The summed E-state index contributed by atoms with van der Waals surface area (Å²) in [7, 11) is 0. The standard InChI is InChI=1S/C30H35ClN2O2S/c1-22(2)20-32-30(35)28(19-24-7-5-4-6-8-24)33(21-25-11-9-23(3)10-12-25)29(34)17-18-36-27-15-13-26(31)14-16-27/h4-16,22,28H,17-21H2,1-3H3,(H,32,35)/t28-/m0/s1. The molecule has 0 spiro atoms. The molecule has 0 aliphatic rings. The quantitative estimate of drug-likeness (QED) is 0.275. The maximum Gasteiger partial charge on any atom is 0.243 e. The van der Waals surface area contributed by atoms with Crippen molar-refractivity contribution in [2.45, 2.75) is 51.1 Å². The van der Waals surface area contributed by atoms with Crippen molar-refractivity contribution >= 4 is 35.2 Å². The van der Waals surface area contributed by atoms with Crippen molar-refractivity contribution in [3.05, 3.63) is 101 Å². The maximum atomic E-state index is 13.6. The van der Waals surface area contributed by atoms with Crippen LogP contribution < -0.4 is 5.32 Å². The lowest BCUT2D eigenvalue weighted by molar-refractivity contribution is -0.141. The Balaban J connectivity index is 1.82. The molecule has 4 nitrogen and oxygen atoms in total. The average molecular weight is 523 g/mol. The van der Waals surface area contributed by atoms with Crippen LogP contribution in [-0.2, 0) is 22.6 Å². The van der Waals surface area contributed by atoms with Crippen LogP contribution in [0.3, 0.4) is 0 Å². The van der Waals surface area contributed by atoms with Gasteiger partial charge in [-0.05, 0) is 48.2 Å². The Hall–Kier alpha value is -2.76. The number of rotatable bonds is 12. The van der Waals surface area contributed by atoms with E-state index in [1.807, 2.05) is 85.8 Å². The SMILES string of the molecule is Cc1ccc(CN(C(=O)CCSc2ccc(Cl)cc2)[C@@H](Cc2ccccc2)C(=O)NCC(C)C)cc1. The predicted molar refractivity (Wildman–Crippen MR) is 150 cm³/mol. The number of hydrogen-bond acceptors (Lipinski definition) is 3. The molecule has 190 valence electrons. The smallest absolute Gasteiger partial charge is 0.243 e. The van der Waals surface area contributed by atoms with Crippen molar-refractivity contribution in [3.63, 3.8) is 0 Å². The van der Waals surface area contributed by atoms with Gasteiger partial charge in [-0.3, -0.25) is 9.59 Å². The number of thioether (sulfide) groups is 1. The molecule has 0 fully saturated rings. The summed E-state index contributed by atoms with van der Waals surface area (Å²) in [4.78, 5) is 29.9. The number of hydrogen-bond donors (Lipinski definition) is 1. The van der Waals surface area contributed by atoms with E-state index in [-0.39, 0.29) is 11.8 Å². The second-order valence-corrected chi connectivity index (χ2v) is 11.0. The van der Waals surface area contributed by atoms with Crippen molar-refractivity contribution in [3.8, 4) is 0 Å². The van der Waals surface area contributed by atoms with Crippen LogP contribution in [0.15, 0.2) is 83.8 Å². The molecule has 6 heteroatoms. The molecule has 0 heterocycles. The summed E-state index contributed by atoms with van der Waals surface area (Å²) < 4.78 is 0. The van der Waals surface area contributed by atoms with Gasteiger partial charge in [-0.1, -0.05) is 85.6 Å². The highest BCUT2D eigenvalue weighted by atomic mass is 35.5. The van der Waals surface area contributed by atoms with Crippen molar-refractivity contribution < 1.29 is 9.59 Å². The van der Waals surface area contributed by atoms with Crippen molar-refractivity contribution in [2.75, 3.05) is 12.3 Å². The first-order valence-electron chi connectivity index (χ1n) is 12.4. The van der Waals surface area contributed by atoms with Crippen LogP contribution in [-0.4, -0.2) is 35.1 Å². The number of aryl methyl sites for hydroxylation is 1. The number of benzene rings is 3. The first kappa shape index (κ1) is 27.8. The topological polar surface area (TPSA) is 49.4 Å². The molecule has 2 amide bonds. The normalized spacial score (nSPS) is 11.8. The number of carbonyl (C=O) groups is 2. The highest BCUT2D eigenvalue weighted by Crippen LogP contribution is 2.23. The minimum Gasteiger partial charge on any atom is -0.354 e. The molecule has 3 rings (SSSR count). The summed E-state index contributed by atoms with van der Waals surface area (Å²) in [5.41, 5.74) is 3.19. The third-order valence-corrected chi connectivity index (χ3v) is 7.09. The molecule has 3 aromatic rings. The summed E-state index contributed by atoms with van der Waals surface area (Å²) in [6.07, 6.45) is 0.800. The van der Waals surface area contributed by atoms with E-state index in [1.54, 1.807) is 16.7 Å². The molecule has 0 saturated heterocycles. The van der Waals surface area contributed by atoms with E-state index < -0.39 is 6.04 Å². The minimum atomic E-state index is -0.597. The van der Waals surface area contributed by atoms with E-state index in [1.165, 1.54) is 0 Å². The molecule has 1 atom stereocenters. The number of nitrogens with zero attached hydrogens (tertiary/aromatic N) is 1. The molecule has 0 aliphatic carbocycles. The Morgan fingerprint density at radius 1 is 0.917 bits per heavy atom. The molecule has 0 bridgehead atoms. The van der Waals surface area contributed by atoms with Gasteiger partial charge in [0.25, 0.3) is 0 Å². The Labute approximate surface area is 224 Å². The molecule has 0 unspecified atom stereocenters. The van der Waals surface area contributed by atoms with E-state index in [0.717, 1.165) is 21.6 Å². The number of amides is 2. The van der Waals surface area contributed by atoms with E-state index in [0.29, 0.717) is 42.6 Å². The second-order valence-electron chi connectivity index (χ2n) is 9.40. The minimum absolute atomic E-state index is 0.0299. The Bertz CT molecular complexity index is 1100. The van der Waals surface area contributed by atoms with Crippen molar-refractivity contribution in [1.82, 2.24) is 10.2 Å².